The van der Waals surface area contributed by atoms with Gasteiger partial charge in [0, 0.05) is 5.92 Å². The molecule has 5 atom stereocenters. The van der Waals surface area contributed by atoms with E-state index in [-0.39, 0.29) is 11.7 Å². The Morgan fingerprint density at radius 2 is 1.60 bits per heavy atom. The van der Waals surface area contributed by atoms with Gasteiger partial charge >= 0.3 is 0 Å². The minimum atomic E-state index is -0.715. The number of hydrogen-bond donors (Lipinski definition) is 0. The highest BCUT2D eigenvalue weighted by atomic mass is 35.5. The van der Waals surface area contributed by atoms with E-state index in [9.17, 15) is 4.79 Å². The van der Waals surface area contributed by atoms with Crippen LogP contribution in [0.3, 0.4) is 0 Å². The summed E-state index contributed by atoms with van der Waals surface area (Å²) in [6, 6.07) is 0. The normalized spacial score (nSPS) is 42.3. The van der Waals surface area contributed by atoms with E-state index in [1.807, 2.05) is 13.8 Å². The van der Waals surface area contributed by atoms with Crippen molar-refractivity contribution in [1.82, 2.24) is 0 Å². The second-order valence-corrected chi connectivity index (χ2v) is 6.36. The SMILES string of the molecule is CC(C)CC1C(=O)C(Cl)C(Cl)C(Cl)C1Cl. The summed E-state index contributed by atoms with van der Waals surface area (Å²) in [6.45, 7) is 4.08. The van der Waals surface area contributed by atoms with Gasteiger partial charge in [-0.2, -0.15) is 0 Å². The number of alkyl halides is 4. The van der Waals surface area contributed by atoms with E-state index in [2.05, 4.69) is 0 Å². The van der Waals surface area contributed by atoms with Crippen LogP contribution in [0.25, 0.3) is 0 Å². The van der Waals surface area contributed by atoms with Crippen molar-refractivity contribution in [2.24, 2.45) is 11.8 Å². The first-order chi connectivity index (χ1) is 6.86. The second kappa shape index (κ2) is 5.44. The molecule has 0 spiro atoms. The van der Waals surface area contributed by atoms with Gasteiger partial charge in [0.2, 0.25) is 0 Å². The highest BCUT2D eigenvalue weighted by Gasteiger charge is 2.47. The first-order valence-electron chi connectivity index (χ1n) is 4.96. The van der Waals surface area contributed by atoms with E-state index in [1.54, 1.807) is 0 Å². The minimum Gasteiger partial charge on any atom is -0.298 e. The van der Waals surface area contributed by atoms with Gasteiger partial charge in [-0.3, -0.25) is 4.79 Å². The molecular weight excluding hydrogens is 278 g/mol. The average Bonchev–Trinajstić information content (AvgIpc) is 2.18. The smallest absolute Gasteiger partial charge is 0.156 e. The number of ketones is 1. The first-order valence-corrected chi connectivity index (χ1v) is 6.70. The van der Waals surface area contributed by atoms with Crippen LogP contribution in [0.5, 0.6) is 0 Å². The topological polar surface area (TPSA) is 17.1 Å². The monoisotopic (exact) mass is 290 g/mol. The molecule has 1 aliphatic carbocycles. The van der Waals surface area contributed by atoms with Crippen molar-refractivity contribution < 1.29 is 4.79 Å². The highest BCUT2D eigenvalue weighted by molar-refractivity contribution is 6.44. The van der Waals surface area contributed by atoms with Gasteiger partial charge in [0.1, 0.15) is 5.38 Å². The molecule has 5 heteroatoms. The van der Waals surface area contributed by atoms with Crippen molar-refractivity contribution in [3.63, 3.8) is 0 Å². The summed E-state index contributed by atoms with van der Waals surface area (Å²) in [5, 5.41) is -2.16. The van der Waals surface area contributed by atoms with Gasteiger partial charge in [0.05, 0.1) is 16.1 Å². The molecule has 1 saturated carbocycles. The minimum absolute atomic E-state index is 0.0673. The van der Waals surface area contributed by atoms with Crippen molar-refractivity contribution in [2.75, 3.05) is 0 Å². The fraction of sp³-hybridized carbons (Fsp3) is 0.900. The van der Waals surface area contributed by atoms with Gasteiger partial charge in [-0.05, 0) is 12.3 Å². The van der Waals surface area contributed by atoms with E-state index in [1.165, 1.54) is 0 Å². The Balaban J connectivity index is 2.82. The third-order valence-electron chi connectivity index (χ3n) is 2.63. The molecule has 0 amide bonds. The lowest BCUT2D eigenvalue weighted by molar-refractivity contribution is -0.124. The molecule has 1 nitrogen and oxygen atoms in total. The van der Waals surface area contributed by atoms with Gasteiger partial charge in [-0.15, -0.1) is 46.4 Å². The number of rotatable bonds is 2. The van der Waals surface area contributed by atoms with Gasteiger partial charge in [0.15, 0.2) is 5.78 Å². The van der Waals surface area contributed by atoms with E-state index >= 15 is 0 Å². The van der Waals surface area contributed by atoms with E-state index in [0.29, 0.717) is 12.3 Å². The van der Waals surface area contributed by atoms with Crippen molar-refractivity contribution in [3.8, 4) is 0 Å². The van der Waals surface area contributed by atoms with Crippen LogP contribution >= 0.6 is 46.4 Å². The van der Waals surface area contributed by atoms with Crippen molar-refractivity contribution in [2.45, 2.75) is 41.8 Å². The van der Waals surface area contributed by atoms with Crippen molar-refractivity contribution >= 4 is 52.2 Å². The van der Waals surface area contributed by atoms with Gasteiger partial charge in [0.25, 0.3) is 0 Å². The number of halogens is 4. The molecule has 0 bridgehead atoms. The van der Waals surface area contributed by atoms with E-state index in [4.69, 9.17) is 46.4 Å². The Bertz CT molecular complexity index is 244. The number of carbonyl (C=O) groups is 1. The molecule has 0 aliphatic heterocycles. The number of Topliss-reactive ketones (excluding diaryl/α,β-unsaturated/α-hetero) is 1. The van der Waals surface area contributed by atoms with Crippen molar-refractivity contribution in [3.05, 3.63) is 0 Å². The fourth-order valence-electron chi connectivity index (χ4n) is 1.83. The Kier molecular flexibility index (Phi) is 5.04. The van der Waals surface area contributed by atoms with Crippen LogP contribution in [-0.4, -0.2) is 27.3 Å². The molecule has 1 rings (SSSR count). The molecule has 0 heterocycles. The summed E-state index contributed by atoms with van der Waals surface area (Å²) in [5.41, 5.74) is 0. The molecule has 88 valence electrons. The standard InChI is InChI=1S/C10H14Cl4O/c1-4(2)3-5-6(11)7(12)8(13)9(14)10(5)15/h4-9H,3H2,1-2H3. The molecule has 0 N–H and O–H groups in total. The lowest BCUT2D eigenvalue weighted by atomic mass is 9.81. The molecule has 1 aliphatic rings. The molecule has 0 aromatic heterocycles. The average molecular weight is 292 g/mol. The number of hydrogen-bond acceptors (Lipinski definition) is 1. The summed E-state index contributed by atoms with van der Waals surface area (Å²) in [6.07, 6.45) is 0.711. The van der Waals surface area contributed by atoms with Crippen LogP contribution in [0.15, 0.2) is 0 Å². The molecule has 0 radical (unpaired) electrons. The zero-order chi connectivity index (χ0) is 11.7. The van der Waals surface area contributed by atoms with Crippen LogP contribution in [0.1, 0.15) is 20.3 Å². The van der Waals surface area contributed by atoms with Gasteiger partial charge in [-0.1, -0.05) is 13.8 Å². The molecule has 0 aromatic rings. The Labute approximate surface area is 110 Å². The van der Waals surface area contributed by atoms with Crippen LogP contribution in [0, 0.1) is 11.8 Å². The van der Waals surface area contributed by atoms with E-state index in [0.717, 1.165) is 0 Å². The summed E-state index contributed by atoms with van der Waals surface area (Å²) in [7, 11) is 0. The Hall–Kier alpha value is 0.830. The maximum absolute atomic E-state index is 11.9. The largest absolute Gasteiger partial charge is 0.298 e. The maximum Gasteiger partial charge on any atom is 0.156 e. The third kappa shape index (κ3) is 2.94. The molecule has 5 unspecified atom stereocenters. The van der Waals surface area contributed by atoms with Crippen LogP contribution in [-0.2, 0) is 4.79 Å². The van der Waals surface area contributed by atoms with Crippen LogP contribution in [0.4, 0.5) is 0 Å². The van der Waals surface area contributed by atoms with Crippen LogP contribution < -0.4 is 0 Å². The molecule has 15 heavy (non-hydrogen) atoms. The first kappa shape index (κ1) is 13.9. The molecule has 0 aromatic carbocycles. The molecular formula is C10H14Cl4O. The third-order valence-corrected chi connectivity index (χ3v) is 5.15. The molecule has 1 fully saturated rings. The summed E-state index contributed by atoms with van der Waals surface area (Å²) < 4.78 is 0. The lowest BCUT2D eigenvalue weighted by Gasteiger charge is -2.36. The maximum atomic E-state index is 11.9. The zero-order valence-electron chi connectivity index (χ0n) is 8.59. The van der Waals surface area contributed by atoms with Crippen LogP contribution in [0.2, 0.25) is 0 Å². The van der Waals surface area contributed by atoms with Gasteiger partial charge in [-0.25, -0.2) is 0 Å². The van der Waals surface area contributed by atoms with E-state index < -0.39 is 21.5 Å². The predicted molar refractivity (Wildman–Crippen MR) is 66.5 cm³/mol. The summed E-state index contributed by atoms with van der Waals surface area (Å²) in [4.78, 5) is 11.9. The zero-order valence-corrected chi connectivity index (χ0v) is 11.6. The quantitative estimate of drug-likeness (QED) is 0.710. The van der Waals surface area contributed by atoms with Crippen molar-refractivity contribution in [1.29, 1.82) is 0 Å². The Morgan fingerprint density at radius 1 is 1.07 bits per heavy atom. The van der Waals surface area contributed by atoms with Gasteiger partial charge < -0.3 is 0 Å². The predicted octanol–water partition coefficient (Wildman–Crippen LogP) is 3.66. The number of carbonyl (C=O) groups excluding carboxylic acids is 1. The second-order valence-electron chi connectivity index (χ2n) is 4.37. The molecule has 0 saturated heterocycles. The summed E-state index contributed by atoms with van der Waals surface area (Å²) in [5.74, 6) is 0.0498. The summed E-state index contributed by atoms with van der Waals surface area (Å²) >= 11 is 24.1. The lowest BCUT2D eigenvalue weighted by Crippen LogP contribution is -2.51. The highest BCUT2D eigenvalue weighted by Crippen LogP contribution is 2.38. The Morgan fingerprint density at radius 3 is 2.07 bits per heavy atom. The fourth-order valence-corrected chi connectivity index (χ4v) is 3.28.